The van der Waals surface area contributed by atoms with Gasteiger partial charge >= 0.3 is 0 Å². The maximum absolute atomic E-state index is 11.7. The summed E-state index contributed by atoms with van der Waals surface area (Å²) in [6.07, 6.45) is 9.24. The van der Waals surface area contributed by atoms with Crippen molar-refractivity contribution in [2.45, 2.75) is 55.4 Å². The summed E-state index contributed by atoms with van der Waals surface area (Å²) in [6.45, 7) is 18.6. The molecule has 5 nitrogen and oxygen atoms in total. The molecular formula is C30H42N4O. The normalized spacial score (nSPS) is 11.8. The number of hydrogen-bond donors (Lipinski definition) is 1. The molecule has 35 heavy (non-hydrogen) atoms. The molecule has 3 aromatic rings. The number of carbonyl (C=O) groups excluding carboxylic acids is 1. The third kappa shape index (κ3) is 7.84. The number of imidazole rings is 1. The molecule has 2 aromatic heterocycles. The van der Waals surface area contributed by atoms with E-state index in [0.29, 0.717) is 11.8 Å². The fourth-order valence-electron chi connectivity index (χ4n) is 4.03. The van der Waals surface area contributed by atoms with Gasteiger partial charge in [0.05, 0.1) is 11.4 Å². The van der Waals surface area contributed by atoms with Crippen molar-refractivity contribution >= 4 is 34.1 Å². The van der Waals surface area contributed by atoms with Crippen LogP contribution in [0, 0.1) is 11.8 Å². The smallest absolute Gasteiger partial charge is 0.161 e. The highest BCUT2D eigenvalue weighted by Gasteiger charge is 2.12. The molecule has 0 unspecified atom stereocenters. The highest BCUT2D eigenvalue weighted by atomic mass is 16.1. The van der Waals surface area contributed by atoms with E-state index in [0.717, 1.165) is 41.4 Å². The van der Waals surface area contributed by atoms with Gasteiger partial charge in [-0.05, 0) is 68.2 Å². The number of nitrogens with zero attached hydrogens (tertiary/aromatic N) is 3. The molecule has 0 radical (unpaired) electrons. The number of fused-ring (bicyclic) bond motifs is 1. The highest BCUT2D eigenvalue weighted by molar-refractivity contribution is 5.97. The lowest BCUT2D eigenvalue weighted by molar-refractivity contribution is -0.112. The molecule has 0 spiro atoms. The van der Waals surface area contributed by atoms with Crippen molar-refractivity contribution in [3.63, 3.8) is 0 Å². The van der Waals surface area contributed by atoms with Gasteiger partial charge in [0, 0.05) is 42.4 Å². The first kappa shape index (κ1) is 27.9. The van der Waals surface area contributed by atoms with E-state index in [4.69, 9.17) is 0 Å². The minimum absolute atomic E-state index is 0.0163. The van der Waals surface area contributed by atoms with E-state index in [9.17, 15) is 4.79 Å². The zero-order valence-electron chi connectivity index (χ0n) is 22.7. The monoisotopic (exact) mass is 474 g/mol. The minimum Gasteiger partial charge on any atom is -0.371 e. The average Bonchev–Trinajstić information content (AvgIpc) is 3.30. The van der Waals surface area contributed by atoms with Crippen molar-refractivity contribution in [1.29, 1.82) is 0 Å². The van der Waals surface area contributed by atoms with Crippen molar-refractivity contribution < 1.29 is 4.79 Å². The summed E-state index contributed by atoms with van der Waals surface area (Å²) in [6, 6.07) is 12.7. The van der Waals surface area contributed by atoms with Gasteiger partial charge in [0.15, 0.2) is 11.4 Å². The van der Waals surface area contributed by atoms with Crippen LogP contribution in [0.3, 0.4) is 0 Å². The van der Waals surface area contributed by atoms with Gasteiger partial charge in [-0.1, -0.05) is 53.7 Å². The molecule has 1 N–H and O–H groups in total. The molecule has 188 valence electrons. The van der Waals surface area contributed by atoms with E-state index in [1.54, 1.807) is 19.2 Å². The van der Waals surface area contributed by atoms with E-state index in [1.807, 2.05) is 55.7 Å². The fraction of sp³-hybridized carbons (Fsp3) is 0.400. The highest BCUT2D eigenvalue weighted by Crippen LogP contribution is 2.27. The zero-order chi connectivity index (χ0) is 26.0. The molecule has 3 rings (SSSR count). The molecule has 0 aliphatic rings. The number of hydrogen-bond acceptors (Lipinski definition) is 4. The lowest BCUT2D eigenvalue weighted by atomic mass is 10.1. The summed E-state index contributed by atoms with van der Waals surface area (Å²) in [4.78, 5) is 18.8. The molecule has 0 saturated carbocycles. The number of allylic oxidation sites excluding steroid dienone is 4. The van der Waals surface area contributed by atoms with Crippen LogP contribution < -0.4 is 10.2 Å². The molecule has 0 amide bonds. The number of carbonyl (C=O) groups is 1. The van der Waals surface area contributed by atoms with Crippen LogP contribution in [-0.4, -0.2) is 28.3 Å². The molecular weight excluding hydrogens is 432 g/mol. The van der Waals surface area contributed by atoms with Crippen molar-refractivity contribution in [2.75, 3.05) is 23.3 Å². The van der Waals surface area contributed by atoms with Crippen LogP contribution in [0.5, 0.6) is 0 Å². The van der Waals surface area contributed by atoms with Gasteiger partial charge in [0.1, 0.15) is 0 Å². The molecule has 0 aliphatic carbocycles. The Morgan fingerprint density at radius 2 is 1.66 bits per heavy atom. The first-order valence-electron chi connectivity index (χ1n) is 12.7. The number of benzene rings is 1. The van der Waals surface area contributed by atoms with Gasteiger partial charge < -0.3 is 10.2 Å². The van der Waals surface area contributed by atoms with Gasteiger partial charge in [-0.3, -0.25) is 9.20 Å². The first-order chi connectivity index (χ1) is 16.8. The van der Waals surface area contributed by atoms with Crippen molar-refractivity contribution in [3.05, 3.63) is 72.7 Å². The third-order valence-corrected chi connectivity index (χ3v) is 5.23. The average molecular weight is 475 g/mol. The molecule has 0 atom stereocenters. The van der Waals surface area contributed by atoms with Crippen LogP contribution in [0.4, 0.5) is 17.1 Å². The summed E-state index contributed by atoms with van der Waals surface area (Å²) < 4.78 is 2.01. The third-order valence-electron chi connectivity index (χ3n) is 5.23. The van der Waals surface area contributed by atoms with Crippen LogP contribution in [0.1, 0.15) is 61.1 Å². The molecule has 5 heteroatoms. The Labute approximate surface area is 211 Å². The van der Waals surface area contributed by atoms with Gasteiger partial charge in [-0.15, -0.1) is 0 Å². The lowest BCUT2D eigenvalue weighted by Gasteiger charge is -2.28. The fourth-order valence-corrected chi connectivity index (χ4v) is 4.03. The molecule has 0 bridgehead atoms. The van der Waals surface area contributed by atoms with Crippen molar-refractivity contribution in [1.82, 2.24) is 9.38 Å². The molecule has 2 heterocycles. The molecule has 0 aliphatic heterocycles. The number of rotatable bonds is 10. The van der Waals surface area contributed by atoms with Gasteiger partial charge in [-0.2, -0.15) is 0 Å². The summed E-state index contributed by atoms with van der Waals surface area (Å²) in [5.74, 6) is 1.24. The summed E-state index contributed by atoms with van der Waals surface area (Å²) in [5, 5.41) is 3.51. The molecule has 1 aromatic carbocycles. The second-order valence-corrected chi connectivity index (χ2v) is 9.33. The molecule has 0 fully saturated rings. The van der Waals surface area contributed by atoms with Gasteiger partial charge in [-0.25, -0.2) is 4.98 Å². The molecule has 0 saturated heterocycles. The maximum atomic E-state index is 11.7. The first-order valence-corrected chi connectivity index (χ1v) is 12.7. The Morgan fingerprint density at radius 1 is 1.03 bits per heavy atom. The largest absolute Gasteiger partial charge is 0.371 e. The Morgan fingerprint density at radius 3 is 2.20 bits per heavy atom. The van der Waals surface area contributed by atoms with Crippen LogP contribution in [-0.2, 0) is 4.79 Å². The summed E-state index contributed by atoms with van der Waals surface area (Å²) >= 11 is 0. The second-order valence-electron chi connectivity index (χ2n) is 9.33. The number of pyridine rings is 1. The van der Waals surface area contributed by atoms with E-state index < -0.39 is 0 Å². The van der Waals surface area contributed by atoms with Crippen molar-refractivity contribution in [2.24, 2.45) is 11.8 Å². The van der Waals surface area contributed by atoms with Crippen molar-refractivity contribution in [3.8, 4) is 0 Å². The number of ketones is 1. The SMILES string of the molecule is C/C=C\C(=C/C(C)=O)c1ccc(Nc2ccc(N(CC(C)C)CC(C)C)cc2)c2nccn12.CC. The Bertz CT molecular complexity index is 1130. The predicted molar refractivity (Wildman–Crippen MR) is 152 cm³/mol. The van der Waals surface area contributed by atoms with Gasteiger partial charge in [0.25, 0.3) is 0 Å². The Kier molecular flexibility index (Phi) is 10.8. The van der Waals surface area contributed by atoms with E-state index in [1.165, 1.54) is 5.69 Å². The Hall–Kier alpha value is -3.34. The number of nitrogens with one attached hydrogen (secondary N) is 1. The van der Waals surface area contributed by atoms with Crippen LogP contribution in [0.2, 0.25) is 0 Å². The summed E-state index contributed by atoms with van der Waals surface area (Å²) in [7, 11) is 0. The number of aromatic nitrogens is 2. The maximum Gasteiger partial charge on any atom is 0.161 e. The van der Waals surface area contributed by atoms with E-state index in [-0.39, 0.29) is 5.78 Å². The standard InChI is InChI=1S/C28H36N4O.C2H6/c1-7-8-23(17-22(6)33)27-14-13-26(28-29-15-16-32(27)28)30-24-9-11-25(12-10-24)31(18-20(2)3)19-21(4)5;1-2/h7-17,20-21,30H,18-19H2,1-6H3;1-2H3/b8-7-,23-17+;. The second kappa shape index (κ2) is 13.5. The number of anilines is 3. The van der Waals surface area contributed by atoms with E-state index in [2.05, 4.69) is 67.2 Å². The van der Waals surface area contributed by atoms with Crippen LogP contribution >= 0.6 is 0 Å². The quantitative estimate of drug-likeness (QED) is 0.241. The predicted octanol–water partition coefficient (Wildman–Crippen LogP) is 7.77. The van der Waals surface area contributed by atoms with Crippen LogP contribution in [0.25, 0.3) is 11.2 Å². The van der Waals surface area contributed by atoms with Crippen LogP contribution in [0.15, 0.2) is 67.0 Å². The summed E-state index contributed by atoms with van der Waals surface area (Å²) in [5.41, 5.74) is 5.78. The van der Waals surface area contributed by atoms with Gasteiger partial charge in [0.2, 0.25) is 0 Å². The minimum atomic E-state index is 0.0163. The topological polar surface area (TPSA) is 49.6 Å². The zero-order valence-corrected chi connectivity index (χ0v) is 22.7. The Balaban J connectivity index is 0.00000210. The van der Waals surface area contributed by atoms with E-state index >= 15 is 0 Å². The lowest BCUT2D eigenvalue weighted by Crippen LogP contribution is -2.31.